The fourth-order valence-electron chi connectivity index (χ4n) is 3.46. The van der Waals surface area contributed by atoms with E-state index in [1.165, 1.54) is 5.69 Å². The second kappa shape index (κ2) is 7.06. The van der Waals surface area contributed by atoms with Crippen molar-refractivity contribution in [3.05, 3.63) is 66.3 Å². The molecule has 138 valence electrons. The van der Waals surface area contributed by atoms with Crippen LogP contribution in [0, 0.1) is 6.92 Å². The second-order valence-corrected chi connectivity index (χ2v) is 6.47. The van der Waals surface area contributed by atoms with Crippen LogP contribution in [0.1, 0.15) is 11.5 Å². The number of rotatable bonds is 3. The van der Waals surface area contributed by atoms with Gasteiger partial charge in [0.15, 0.2) is 5.82 Å². The molecule has 1 N–H and O–H groups in total. The van der Waals surface area contributed by atoms with Crippen molar-refractivity contribution in [2.45, 2.75) is 20.0 Å². The number of para-hydroxylation sites is 1. The predicted octanol–water partition coefficient (Wildman–Crippen LogP) is 3.83. The minimum atomic E-state index is 0. The molecule has 0 saturated heterocycles. The lowest BCUT2D eigenvalue weighted by Gasteiger charge is -2.13. The zero-order valence-corrected chi connectivity index (χ0v) is 15.7. The minimum absolute atomic E-state index is 0. The lowest BCUT2D eigenvalue weighted by Crippen LogP contribution is -2.28. The van der Waals surface area contributed by atoms with Gasteiger partial charge in [0.2, 0.25) is 0 Å². The summed E-state index contributed by atoms with van der Waals surface area (Å²) in [5.41, 5.74) is 4.14. The third-order valence-electron chi connectivity index (χ3n) is 4.71. The number of nitrogens with one attached hydrogen (secondary N) is 1. The molecule has 0 bridgehead atoms. The van der Waals surface area contributed by atoms with E-state index in [0.29, 0.717) is 0 Å². The summed E-state index contributed by atoms with van der Waals surface area (Å²) < 4.78 is 10.00. The Morgan fingerprint density at radius 1 is 1.15 bits per heavy atom. The monoisotopic (exact) mass is 381 g/mol. The Bertz CT molecular complexity index is 1050. The Kier molecular flexibility index (Phi) is 4.59. The van der Waals surface area contributed by atoms with Crippen molar-refractivity contribution in [1.82, 2.24) is 24.6 Å². The summed E-state index contributed by atoms with van der Waals surface area (Å²) in [7, 11) is 0. The van der Waals surface area contributed by atoms with Gasteiger partial charge >= 0.3 is 0 Å². The maximum atomic E-state index is 5.86. The average Bonchev–Trinajstić information content (AvgIpc) is 3.40. The molecule has 0 aliphatic carbocycles. The van der Waals surface area contributed by atoms with Crippen LogP contribution < -0.4 is 5.32 Å². The minimum Gasteiger partial charge on any atom is -0.461 e. The zero-order chi connectivity index (χ0) is 17.5. The normalized spacial score (nSPS) is 13.2. The summed E-state index contributed by atoms with van der Waals surface area (Å²) in [6.45, 7) is 4.63. The van der Waals surface area contributed by atoms with E-state index in [1.54, 1.807) is 0 Å². The third-order valence-corrected chi connectivity index (χ3v) is 4.71. The molecule has 0 saturated carbocycles. The number of aryl methyl sites for hydroxylation is 1. The predicted molar refractivity (Wildman–Crippen MR) is 106 cm³/mol. The van der Waals surface area contributed by atoms with Crippen molar-refractivity contribution in [3.63, 3.8) is 0 Å². The van der Waals surface area contributed by atoms with Crippen LogP contribution >= 0.6 is 12.4 Å². The molecular weight excluding hydrogens is 362 g/mol. The van der Waals surface area contributed by atoms with Crippen molar-refractivity contribution in [2.24, 2.45) is 0 Å². The highest BCUT2D eigenvalue weighted by atomic mass is 35.5. The fraction of sp³-hybridized carbons (Fsp3) is 0.200. The molecule has 1 aliphatic rings. The van der Waals surface area contributed by atoms with Gasteiger partial charge in [-0.1, -0.05) is 12.1 Å². The summed E-state index contributed by atoms with van der Waals surface area (Å²) in [6, 6.07) is 14.3. The molecule has 4 heterocycles. The number of furan rings is 1. The number of halogens is 1. The van der Waals surface area contributed by atoms with Gasteiger partial charge in [-0.2, -0.15) is 5.10 Å². The van der Waals surface area contributed by atoms with E-state index < -0.39 is 0 Å². The molecular formula is C20H20ClN5O. The van der Waals surface area contributed by atoms with Crippen LogP contribution in [-0.4, -0.2) is 25.9 Å². The summed E-state index contributed by atoms with van der Waals surface area (Å²) in [5.74, 6) is 2.59. The molecule has 7 heteroatoms. The standard InChI is InChI=1S/C20H19N5O.ClH/c1-14-6-7-19(26-14)16-4-2-3-5-18(16)24-10-9-22-20(24)17-12-15-13-21-8-11-25(15)23-17;/h2-7,9-10,12,21H,8,11,13H2,1H3;1H. The highest BCUT2D eigenvalue weighted by Crippen LogP contribution is 2.31. The van der Waals surface area contributed by atoms with Gasteiger partial charge in [0.05, 0.1) is 17.9 Å². The largest absolute Gasteiger partial charge is 0.461 e. The molecule has 5 rings (SSSR count). The maximum absolute atomic E-state index is 5.86. The van der Waals surface area contributed by atoms with Gasteiger partial charge in [-0.05, 0) is 37.3 Å². The molecule has 6 nitrogen and oxygen atoms in total. The van der Waals surface area contributed by atoms with E-state index in [4.69, 9.17) is 9.52 Å². The van der Waals surface area contributed by atoms with Gasteiger partial charge in [0.25, 0.3) is 0 Å². The fourth-order valence-corrected chi connectivity index (χ4v) is 3.46. The number of aromatic nitrogens is 4. The topological polar surface area (TPSA) is 60.8 Å². The van der Waals surface area contributed by atoms with Crippen LogP contribution in [-0.2, 0) is 13.1 Å². The Morgan fingerprint density at radius 3 is 2.85 bits per heavy atom. The van der Waals surface area contributed by atoms with Gasteiger partial charge in [-0.3, -0.25) is 9.25 Å². The molecule has 0 radical (unpaired) electrons. The van der Waals surface area contributed by atoms with Crippen molar-refractivity contribution in [3.8, 4) is 28.5 Å². The number of nitrogens with zero attached hydrogens (tertiary/aromatic N) is 4. The molecule has 0 amide bonds. The van der Waals surface area contributed by atoms with Crippen LogP contribution in [0.5, 0.6) is 0 Å². The van der Waals surface area contributed by atoms with Gasteiger partial charge in [-0.15, -0.1) is 12.4 Å². The first kappa shape index (κ1) is 17.6. The molecule has 1 aromatic carbocycles. The summed E-state index contributed by atoms with van der Waals surface area (Å²) in [6.07, 6.45) is 3.79. The van der Waals surface area contributed by atoms with Gasteiger partial charge in [0, 0.05) is 31.0 Å². The smallest absolute Gasteiger partial charge is 0.165 e. The van der Waals surface area contributed by atoms with Crippen molar-refractivity contribution < 1.29 is 4.42 Å². The molecule has 0 atom stereocenters. The average molecular weight is 382 g/mol. The molecule has 0 unspecified atom stereocenters. The second-order valence-electron chi connectivity index (χ2n) is 6.47. The van der Waals surface area contributed by atoms with Crippen LogP contribution in [0.2, 0.25) is 0 Å². The van der Waals surface area contributed by atoms with E-state index in [1.807, 2.05) is 43.6 Å². The van der Waals surface area contributed by atoms with Crippen LogP contribution in [0.4, 0.5) is 0 Å². The van der Waals surface area contributed by atoms with Gasteiger partial charge < -0.3 is 9.73 Å². The Balaban J connectivity index is 0.00000180. The number of hydrogen-bond donors (Lipinski definition) is 1. The number of fused-ring (bicyclic) bond motifs is 1. The van der Waals surface area contributed by atoms with Gasteiger partial charge in [0.1, 0.15) is 17.2 Å². The van der Waals surface area contributed by atoms with E-state index in [-0.39, 0.29) is 12.4 Å². The SMILES string of the molecule is Cc1ccc(-c2ccccc2-n2ccnc2-c2cc3n(n2)CCNC3)o1.Cl. The van der Waals surface area contributed by atoms with E-state index in [9.17, 15) is 0 Å². The molecule has 0 spiro atoms. The molecule has 1 aliphatic heterocycles. The number of imidazole rings is 1. The summed E-state index contributed by atoms with van der Waals surface area (Å²) in [4.78, 5) is 4.58. The first-order valence-electron chi connectivity index (χ1n) is 8.77. The van der Waals surface area contributed by atoms with Gasteiger partial charge in [-0.25, -0.2) is 4.98 Å². The Hall–Kier alpha value is -2.83. The Labute approximate surface area is 163 Å². The number of hydrogen-bond acceptors (Lipinski definition) is 4. The molecule has 0 fully saturated rings. The first-order valence-corrected chi connectivity index (χ1v) is 8.77. The molecule has 3 aromatic heterocycles. The first-order chi connectivity index (χ1) is 12.8. The Morgan fingerprint density at radius 2 is 2.04 bits per heavy atom. The van der Waals surface area contributed by atoms with Crippen LogP contribution in [0.15, 0.2) is 59.3 Å². The number of benzene rings is 1. The zero-order valence-electron chi connectivity index (χ0n) is 14.9. The molecule has 27 heavy (non-hydrogen) atoms. The van der Waals surface area contributed by atoms with Crippen molar-refractivity contribution in [1.29, 1.82) is 0 Å². The highest BCUT2D eigenvalue weighted by molar-refractivity contribution is 5.85. The van der Waals surface area contributed by atoms with Crippen molar-refractivity contribution in [2.75, 3.05) is 6.54 Å². The summed E-state index contributed by atoms with van der Waals surface area (Å²) >= 11 is 0. The lowest BCUT2D eigenvalue weighted by molar-refractivity contribution is 0.476. The van der Waals surface area contributed by atoms with E-state index >= 15 is 0 Å². The maximum Gasteiger partial charge on any atom is 0.165 e. The third kappa shape index (κ3) is 3.07. The van der Waals surface area contributed by atoms with Crippen LogP contribution in [0.25, 0.3) is 28.5 Å². The highest BCUT2D eigenvalue weighted by Gasteiger charge is 2.18. The lowest BCUT2D eigenvalue weighted by atomic mass is 10.1. The van der Waals surface area contributed by atoms with Crippen LogP contribution in [0.3, 0.4) is 0 Å². The summed E-state index contributed by atoms with van der Waals surface area (Å²) in [5, 5.41) is 8.13. The van der Waals surface area contributed by atoms with E-state index in [2.05, 4.69) is 37.7 Å². The quantitative estimate of drug-likeness (QED) is 0.586. The van der Waals surface area contributed by atoms with E-state index in [0.717, 1.165) is 53.9 Å². The van der Waals surface area contributed by atoms with Crippen molar-refractivity contribution >= 4 is 12.4 Å². The molecule has 4 aromatic rings.